The average molecular weight is 288 g/mol. The van der Waals surface area contributed by atoms with E-state index in [1.165, 1.54) is 0 Å². The SMILES string of the molecule is C=CCN(CC)C(=O)N1CCC(C(=O)O)c2ccccc21. The van der Waals surface area contributed by atoms with Gasteiger partial charge in [0.15, 0.2) is 0 Å². The third-order valence-electron chi connectivity index (χ3n) is 3.78. The Labute approximate surface area is 124 Å². The van der Waals surface area contributed by atoms with Gasteiger partial charge in [-0.05, 0) is 25.0 Å². The van der Waals surface area contributed by atoms with Gasteiger partial charge >= 0.3 is 12.0 Å². The van der Waals surface area contributed by atoms with Crippen LogP contribution in [0.3, 0.4) is 0 Å². The summed E-state index contributed by atoms with van der Waals surface area (Å²) in [5.41, 5.74) is 1.41. The molecule has 0 bridgehead atoms. The second-order valence-corrected chi connectivity index (χ2v) is 5.00. The highest BCUT2D eigenvalue weighted by atomic mass is 16.4. The van der Waals surface area contributed by atoms with E-state index in [1.807, 2.05) is 25.1 Å². The minimum atomic E-state index is -0.840. The number of hydrogen-bond acceptors (Lipinski definition) is 2. The van der Waals surface area contributed by atoms with Crippen LogP contribution in [-0.2, 0) is 4.79 Å². The van der Waals surface area contributed by atoms with Gasteiger partial charge in [-0.2, -0.15) is 0 Å². The molecule has 1 unspecified atom stereocenters. The molecule has 112 valence electrons. The molecule has 5 heteroatoms. The zero-order chi connectivity index (χ0) is 15.4. The minimum Gasteiger partial charge on any atom is -0.481 e. The highest BCUT2D eigenvalue weighted by molar-refractivity contribution is 5.95. The van der Waals surface area contributed by atoms with Crippen molar-refractivity contribution in [2.45, 2.75) is 19.3 Å². The molecule has 21 heavy (non-hydrogen) atoms. The van der Waals surface area contributed by atoms with Gasteiger partial charge in [0.25, 0.3) is 0 Å². The van der Waals surface area contributed by atoms with Gasteiger partial charge in [-0.25, -0.2) is 4.79 Å². The third kappa shape index (κ3) is 2.91. The Morgan fingerprint density at radius 3 is 2.81 bits per heavy atom. The number of benzene rings is 1. The van der Waals surface area contributed by atoms with Crippen molar-refractivity contribution in [2.24, 2.45) is 0 Å². The lowest BCUT2D eigenvalue weighted by Gasteiger charge is -2.35. The van der Waals surface area contributed by atoms with E-state index < -0.39 is 11.9 Å². The molecule has 0 aromatic heterocycles. The predicted octanol–water partition coefficient (Wildman–Crippen LogP) is 2.69. The minimum absolute atomic E-state index is 0.103. The molecular weight excluding hydrogens is 268 g/mol. The summed E-state index contributed by atoms with van der Waals surface area (Å²) in [4.78, 5) is 27.3. The first-order chi connectivity index (χ1) is 10.1. The third-order valence-corrected chi connectivity index (χ3v) is 3.78. The Bertz CT molecular complexity index is 556. The molecule has 0 spiro atoms. The van der Waals surface area contributed by atoms with Crippen LogP contribution in [-0.4, -0.2) is 41.6 Å². The van der Waals surface area contributed by atoms with Crippen LogP contribution in [0.25, 0.3) is 0 Å². The lowest BCUT2D eigenvalue weighted by Crippen LogP contribution is -2.46. The van der Waals surface area contributed by atoms with Crippen LogP contribution in [0.5, 0.6) is 0 Å². The van der Waals surface area contributed by atoms with Gasteiger partial charge in [-0.1, -0.05) is 24.3 Å². The molecule has 0 saturated heterocycles. The number of carbonyl (C=O) groups is 2. The number of para-hydroxylation sites is 1. The van der Waals surface area contributed by atoms with Gasteiger partial charge in [-0.15, -0.1) is 6.58 Å². The Morgan fingerprint density at radius 2 is 2.19 bits per heavy atom. The summed E-state index contributed by atoms with van der Waals surface area (Å²) in [6.07, 6.45) is 2.13. The Hall–Kier alpha value is -2.30. The zero-order valence-corrected chi connectivity index (χ0v) is 12.2. The Morgan fingerprint density at radius 1 is 1.48 bits per heavy atom. The normalized spacial score (nSPS) is 17.0. The number of likely N-dealkylation sites (N-methyl/N-ethyl adjacent to an activating group) is 1. The molecule has 2 amide bonds. The molecule has 0 saturated carbocycles. The van der Waals surface area contributed by atoms with E-state index in [9.17, 15) is 14.7 Å². The smallest absolute Gasteiger partial charge is 0.324 e. The van der Waals surface area contributed by atoms with Crippen LogP contribution in [0, 0.1) is 0 Å². The van der Waals surface area contributed by atoms with E-state index in [2.05, 4.69) is 6.58 Å². The van der Waals surface area contributed by atoms with Crippen molar-refractivity contribution >= 4 is 17.7 Å². The molecule has 0 radical (unpaired) electrons. The van der Waals surface area contributed by atoms with Crippen molar-refractivity contribution in [3.05, 3.63) is 42.5 Å². The summed E-state index contributed by atoms with van der Waals surface area (Å²) < 4.78 is 0. The number of carbonyl (C=O) groups excluding carboxylic acids is 1. The molecule has 1 aliphatic heterocycles. The summed E-state index contributed by atoms with van der Waals surface area (Å²) >= 11 is 0. The first-order valence-electron chi connectivity index (χ1n) is 7.09. The molecule has 1 heterocycles. The fourth-order valence-electron chi connectivity index (χ4n) is 2.69. The van der Waals surface area contributed by atoms with Crippen LogP contribution in [0.1, 0.15) is 24.8 Å². The number of amides is 2. The highest BCUT2D eigenvalue weighted by Gasteiger charge is 2.33. The van der Waals surface area contributed by atoms with Crippen molar-refractivity contribution in [3.63, 3.8) is 0 Å². The number of urea groups is 1. The van der Waals surface area contributed by atoms with Crippen molar-refractivity contribution < 1.29 is 14.7 Å². The van der Waals surface area contributed by atoms with Crippen molar-refractivity contribution in [3.8, 4) is 0 Å². The molecule has 5 nitrogen and oxygen atoms in total. The van der Waals surface area contributed by atoms with Crippen LogP contribution in [0.4, 0.5) is 10.5 Å². The topological polar surface area (TPSA) is 60.9 Å². The summed E-state index contributed by atoms with van der Waals surface area (Å²) in [5.74, 6) is -1.38. The number of carboxylic acid groups (broad SMARTS) is 1. The highest BCUT2D eigenvalue weighted by Crippen LogP contribution is 2.35. The van der Waals surface area contributed by atoms with Gasteiger partial charge in [-0.3, -0.25) is 9.69 Å². The maximum Gasteiger partial charge on any atom is 0.324 e. The number of carboxylic acids is 1. The van der Waals surface area contributed by atoms with Crippen LogP contribution in [0.2, 0.25) is 0 Å². The Kier molecular flexibility index (Phi) is 4.62. The molecule has 1 aromatic carbocycles. The molecule has 1 atom stereocenters. The van der Waals surface area contributed by atoms with Crippen LogP contribution >= 0.6 is 0 Å². The predicted molar refractivity (Wildman–Crippen MR) is 81.6 cm³/mol. The monoisotopic (exact) mass is 288 g/mol. The van der Waals surface area contributed by atoms with Crippen molar-refractivity contribution in [1.29, 1.82) is 0 Å². The molecule has 1 aliphatic rings. The molecule has 0 fully saturated rings. The molecular formula is C16H20N2O3. The average Bonchev–Trinajstić information content (AvgIpc) is 2.50. The maximum absolute atomic E-state index is 12.6. The lowest BCUT2D eigenvalue weighted by molar-refractivity contribution is -0.139. The zero-order valence-electron chi connectivity index (χ0n) is 12.2. The second-order valence-electron chi connectivity index (χ2n) is 5.00. The van der Waals surface area contributed by atoms with Crippen molar-refractivity contribution in [1.82, 2.24) is 4.90 Å². The van der Waals surface area contributed by atoms with E-state index in [4.69, 9.17) is 0 Å². The largest absolute Gasteiger partial charge is 0.481 e. The first kappa shape index (κ1) is 15.1. The van der Waals surface area contributed by atoms with E-state index >= 15 is 0 Å². The van der Waals surface area contributed by atoms with Crippen molar-refractivity contribution in [2.75, 3.05) is 24.5 Å². The molecule has 1 N–H and O–H groups in total. The number of fused-ring (bicyclic) bond motifs is 1. The summed E-state index contributed by atoms with van der Waals surface area (Å²) in [6.45, 7) is 7.07. The summed E-state index contributed by atoms with van der Waals surface area (Å²) in [5, 5.41) is 9.32. The molecule has 1 aromatic rings. The number of anilines is 1. The van der Waals surface area contributed by atoms with E-state index in [0.29, 0.717) is 37.3 Å². The van der Waals surface area contributed by atoms with E-state index in [-0.39, 0.29) is 6.03 Å². The number of hydrogen-bond donors (Lipinski definition) is 1. The maximum atomic E-state index is 12.6. The van der Waals surface area contributed by atoms with Gasteiger partial charge in [0.2, 0.25) is 0 Å². The van der Waals surface area contributed by atoms with Gasteiger partial charge in [0, 0.05) is 25.3 Å². The van der Waals surface area contributed by atoms with E-state index in [1.54, 1.807) is 21.9 Å². The van der Waals surface area contributed by atoms with Crippen LogP contribution in [0.15, 0.2) is 36.9 Å². The second kappa shape index (κ2) is 6.43. The van der Waals surface area contributed by atoms with E-state index in [0.717, 1.165) is 0 Å². The van der Waals surface area contributed by atoms with Crippen LogP contribution < -0.4 is 4.90 Å². The summed E-state index contributed by atoms with van der Waals surface area (Å²) in [6, 6.07) is 7.13. The quantitative estimate of drug-likeness (QED) is 0.866. The van der Waals surface area contributed by atoms with Gasteiger partial charge in [0.1, 0.15) is 0 Å². The molecule has 0 aliphatic carbocycles. The Balaban J connectivity index is 2.34. The standard InChI is InChI=1S/C16H20N2O3/c1-3-10-17(4-2)16(21)18-11-9-13(15(19)20)12-7-5-6-8-14(12)18/h3,5-8,13H,1,4,9-11H2,2H3,(H,19,20). The number of nitrogens with zero attached hydrogens (tertiary/aromatic N) is 2. The van der Waals surface area contributed by atoms with Gasteiger partial charge < -0.3 is 10.0 Å². The fraction of sp³-hybridized carbons (Fsp3) is 0.375. The molecule has 2 rings (SSSR count). The van der Waals surface area contributed by atoms with Gasteiger partial charge in [0.05, 0.1) is 5.92 Å². The first-order valence-corrected chi connectivity index (χ1v) is 7.09. The summed E-state index contributed by atoms with van der Waals surface area (Å²) in [7, 11) is 0. The number of aliphatic carboxylic acids is 1. The lowest BCUT2D eigenvalue weighted by atomic mass is 9.90. The fourth-order valence-corrected chi connectivity index (χ4v) is 2.69. The number of rotatable bonds is 4.